The van der Waals surface area contributed by atoms with E-state index in [0.717, 1.165) is 12.1 Å². The predicted octanol–water partition coefficient (Wildman–Crippen LogP) is 2.84. The van der Waals surface area contributed by atoms with E-state index >= 15 is 0 Å². The monoisotopic (exact) mass is 402 g/mol. The van der Waals surface area contributed by atoms with Gasteiger partial charge in [0.2, 0.25) is 0 Å². The first kappa shape index (κ1) is 17.6. The molecule has 0 fully saturated rings. The maximum Gasteiger partial charge on any atom is 0.274 e. The zero-order chi connectivity index (χ0) is 19.0. The van der Waals surface area contributed by atoms with E-state index in [2.05, 4.69) is 15.0 Å². The highest BCUT2D eigenvalue weighted by atomic mass is 35.5. The van der Waals surface area contributed by atoms with Crippen LogP contribution in [0.4, 0.5) is 0 Å². The molecule has 4 rings (SSSR count). The SMILES string of the molecule is CCCOc1cc(/C=c2\sc3nc(-c4cnc[nH]4)cn3c2=O)cc(Cl)c1O. The van der Waals surface area contributed by atoms with Crippen molar-refractivity contribution < 1.29 is 9.84 Å². The number of phenolic OH excluding ortho intramolecular Hbond substituents is 1. The molecule has 0 atom stereocenters. The maximum absolute atomic E-state index is 12.7. The molecule has 0 saturated carbocycles. The summed E-state index contributed by atoms with van der Waals surface area (Å²) in [6, 6.07) is 3.25. The number of aromatic nitrogens is 4. The van der Waals surface area contributed by atoms with Gasteiger partial charge in [0.15, 0.2) is 16.5 Å². The average Bonchev–Trinajstić information content (AvgIpc) is 3.36. The summed E-state index contributed by atoms with van der Waals surface area (Å²) < 4.78 is 7.53. The van der Waals surface area contributed by atoms with Crippen molar-refractivity contribution in [2.75, 3.05) is 6.61 Å². The number of fused-ring (bicyclic) bond motifs is 1. The van der Waals surface area contributed by atoms with Gasteiger partial charge in [-0.05, 0) is 30.2 Å². The van der Waals surface area contributed by atoms with Crippen molar-refractivity contribution >= 4 is 34.0 Å². The highest BCUT2D eigenvalue weighted by Gasteiger charge is 2.12. The minimum absolute atomic E-state index is 0.102. The van der Waals surface area contributed by atoms with Gasteiger partial charge in [-0.15, -0.1) is 0 Å². The van der Waals surface area contributed by atoms with E-state index < -0.39 is 0 Å². The largest absolute Gasteiger partial charge is 0.503 e. The Kier molecular flexibility index (Phi) is 4.59. The molecule has 4 aromatic rings. The van der Waals surface area contributed by atoms with E-state index in [-0.39, 0.29) is 16.3 Å². The molecule has 3 heterocycles. The topological polar surface area (TPSA) is 92.5 Å². The number of halogens is 1. The van der Waals surface area contributed by atoms with Crippen molar-refractivity contribution in [3.05, 3.63) is 56.3 Å². The summed E-state index contributed by atoms with van der Waals surface area (Å²) in [5, 5.41) is 10.2. The molecule has 7 nitrogen and oxygen atoms in total. The first-order valence-electron chi connectivity index (χ1n) is 8.24. The third-order valence-corrected chi connectivity index (χ3v) is 5.16. The number of imidazole rings is 2. The van der Waals surface area contributed by atoms with E-state index in [0.29, 0.717) is 33.1 Å². The van der Waals surface area contributed by atoms with E-state index in [1.807, 2.05) is 6.92 Å². The Hall–Kier alpha value is -2.84. The summed E-state index contributed by atoms with van der Waals surface area (Å²) in [7, 11) is 0. The van der Waals surface area contributed by atoms with E-state index in [1.165, 1.54) is 15.7 Å². The smallest absolute Gasteiger partial charge is 0.274 e. The minimum atomic E-state index is -0.173. The van der Waals surface area contributed by atoms with Gasteiger partial charge in [0, 0.05) is 6.20 Å². The number of aromatic amines is 1. The second-order valence-corrected chi connectivity index (χ2v) is 7.27. The Balaban J connectivity index is 1.77. The number of hydrogen-bond acceptors (Lipinski definition) is 6. The number of aromatic hydroxyl groups is 1. The number of thiazole rings is 1. The fraction of sp³-hybridized carbons (Fsp3) is 0.167. The molecule has 0 radical (unpaired) electrons. The first-order chi connectivity index (χ1) is 13.1. The molecule has 0 spiro atoms. The van der Waals surface area contributed by atoms with E-state index in [4.69, 9.17) is 16.3 Å². The number of hydrogen-bond donors (Lipinski definition) is 2. The molecular formula is C18H15ClN4O3S. The van der Waals surface area contributed by atoms with Crippen LogP contribution in [-0.4, -0.2) is 31.1 Å². The number of phenols is 1. The number of H-pyrrole nitrogens is 1. The fourth-order valence-electron chi connectivity index (χ4n) is 2.61. The van der Waals surface area contributed by atoms with Crippen LogP contribution in [-0.2, 0) is 0 Å². The van der Waals surface area contributed by atoms with Crippen LogP contribution in [0.15, 0.2) is 35.6 Å². The molecule has 27 heavy (non-hydrogen) atoms. The van der Waals surface area contributed by atoms with Gasteiger partial charge in [-0.1, -0.05) is 29.9 Å². The van der Waals surface area contributed by atoms with Crippen molar-refractivity contribution in [1.29, 1.82) is 0 Å². The standard InChI is InChI=1S/C18H15ClN4O3S/c1-2-3-26-14-5-10(4-11(19)16(14)24)6-15-17(25)23-8-13(22-18(23)27-15)12-7-20-9-21-12/h4-9,24H,2-3H2,1H3,(H,20,21)/b15-6-. The predicted molar refractivity (Wildman–Crippen MR) is 105 cm³/mol. The molecule has 2 N–H and O–H groups in total. The fourth-order valence-corrected chi connectivity index (χ4v) is 3.78. The molecule has 3 aromatic heterocycles. The lowest BCUT2D eigenvalue weighted by molar-refractivity contribution is 0.299. The number of nitrogens with one attached hydrogen (secondary N) is 1. The van der Waals surface area contributed by atoms with Crippen molar-refractivity contribution in [1.82, 2.24) is 19.4 Å². The molecule has 0 amide bonds. The van der Waals surface area contributed by atoms with Crippen LogP contribution >= 0.6 is 22.9 Å². The van der Waals surface area contributed by atoms with Crippen molar-refractivity contribution in [2.45, 2.75) is 13.3 Å². The van der Waals surface area contributed by atoms with Gasteiger partial charge in [0.25, 0.3) is 5.56 Å². The minimum Gasteiger partial charge on any atom is -0.503 e. The van der Waals surface area contributed by atoms with Crippen LogP contribution in [0, 0.1) is 0 Å². The normalized spacial score (nSPS) is 12.1. The van der Waals surface area contributed by atoms with Crippen LogP contribution in [0.1, 0.15) is 18.9 Å². The van der Waals surface area contributed by atoms with Crippen LogP contribution < -0.4 is 14.8 Å². The summed E-state index contributed by atoms with van der Waals surface area (Å²) in [5.74, 6) is 0.195. The Bertz CT molecular complexity index is 1210. The summed E-state index contributed by atoms with van der Waals surface area (Å²) in [4.78, 5) is 24.7. The van der Waals surface area contributed by atoms with Crippen LogP contribution in [0.2, 0.25) is 5.02 Å². The summed E-state index contributed by atoms with van der Waals surface area (Å²) >= 11 is 7.36. The molecule has 0 unspecified atom stereocenters. The Morgan fingerprint density at radius 3 is 3.00 bits per heavy atom. The molecule has 9 heteroatoms. The maximum atomic E-state index is 12.7. The Labute approximate surface area is 162 Å². The molecule has 0 aliphatic rings. The number of benzene rings is 1. The van der Waals surface area contributed by atoms with Gasteiger partial charge in [0.1, 0.15) is 5.69 Å². The van der Waals surface area contributed by atoms with Crippen LogP contribution in [0.25, 0.3) is 22.4 Å². The highest BCUT2D eigenvalue weighted by Crippen LogP contribution is 2.35. The lowest BCUT2D eigenvalue weighted by Crippen LogP contribution is -2.22. The summed E-state index contributed by atoms with van der Waals surface area (Å²) in [6.07, 6.45) is 7.41. The molecule has 0 aliphatic heterocycles. The van der Waals surface area contributed by atoms with Gasteiger partial charge in [-0.2, -0.15) is 0 Å². The zero-order valence-electron chi connectivity index (χ0n) is 14.3. The van der Waals surface area contributed by atoms with Crippen molar-refractivity contribution in [3.8, 4) is 22.9 Å². The van der Waals surface area contributed by atoms with Crippen LogP contribution in [0.3, 0.4) is 0 Å². The van der Waals surface area contributed by atoms with Crippen molar-refractivity contribution in [2.24, 2.45) is 0 Å². The molecular weight excluding hydrogens is 388 g/mol. The van der Waals surface area contributed by atoms with Gasteiger partial charge in [-0.25, -0.2) is 9.97 Å². The molecule has 1 aromatic carbocycles. The summed E-state index contributed by atoms with van der Waals surface area (Å²) in [6.45, 7) is 2.43. The first-order valence-corrected chi connectivity index (χ1v) is 9.44. The number of nitrogens with zero attached hydrogens (tertiary/aromatic N) is 3. The lowest BCUT2D eigenvalue weighted by Gasteiger charge is -2.09. The quantitative estimate of drug-likeness (QED) is 0.535. The summed E-state index contributed by atoms with van der Waals surface area (Å²) in [5.41, 5.74) is 1.90. The molecule has 0 saturated heterocycles. The Morgan fingerprint density at radius 2 is 2.30 bits per heavy atom. The van der Waals surface area contributed by atoms with Crippen LogP contribution in [0.5, 0.6) is 11.5 Å². The van der Waals surface area contributed by atoms with Gasteiger partial charge < -0.3 is 14.8 Å². The van der Waals surface area contributed by atoms with Crippen molar-refractivity contribution in [3.63, 3.8) is 0 Å². The molecule has 0 bridgehead atoms. The highest BCUT2D eigenvalue weighted by molar-refractivity contribution is 7.15. The Morgan fingerprint density at radius 1 is 1.44 bits per heavy atom. The van der Waals surface area contributed by atoms with E-state index in [9.17, 15) is 9.90 Å². The molecule has 138 valence electrons. The molecule has 0 aliphatic carbocycles. The van der Waals surface area contributed by atoms with Gasteiger partial charge in [-0.3, -0.25) is 9.20 Å². The third-order valence-electron chi connectivity index (χ3n) is 3.89. The van der Waals surface area contributed by atoms with Gasteiger partial charge in [0.05, 0.1) is 34.4 Å². The lowest BCUT2D eigenvalue weighted by atomic mass is 10.2. The second-order valence-electron chi connectivity index (χ2n) is 5.86. The van der Waals surface area contributed by atoms with Gasteiger partial charge >= 0.3 is 0 Å². The van der Waals surface area contributed by atoms with E-state index in [1.54, 1.807) is 36.9 Å². The number of rotatable bonds is 5. The zero-order valence-corrected chi connectivity index (χ0v) is 15.8. The average molecular weight is 403 g/mol. The third kappa shape index (κ3) is 3.29. The number of ether oxygens (including phenoxy) is 1. The second kappa shape index (κ2) is 7.05.